The number of nitriles is 1. The van der Waals surface area contributed by atoms with Crippen LogP contribution in [-0.4, -0.2) is 5.91 Å². The van der Waals surface area contributed by atoms with Gasteiger partial charge in [0.25, 0.3) is 5.91 Å². The standard InChI is InChI=1S/C22H24N2O/c1-14(2)19-8-6-18(7-9-19)12-20(13-23)22(25)24-21-16(4)10-15(3)11-17(21)5/h6-12,14H,1-5H3,(H,24,25). The lowest BCUT2D eigenvalue weighted by Crippen LogP contribution is -2.15. The van der Waals surface area contributed by atoms with Crippen LogP contribution in [0.3, 0.4) is 0 Å². The fraction of sp³-hybridized carbons (Fsp3) is 0.273. The number of aryl methyl sites for hydroxylation is 3. The Bertz CT molecular complexity index is 830. The first-order valence-electron chi connectivity index (χ1n) is 8.42. The number of nitrogens with zero attached hydrogens (tertiary/aromatic N) is 1. The van der Waals surface area contributed by atoms with Gasteiger partial charge in [0.15, 0.2) is 0 Å². The van der Waals surface area contributed by atoms with Gasteiger partial charge in [0.2, 0.25) is 0 Å². The number of hydrogen-bond acceptors (Lipinski definition) is 2. The molecule has 0 fully saturated rings. The predicted octanol–water partition coefficient (Wildman–Crippen LogP) is 5.28. The summed E-state index contributed by atoms with van der Waals surface area (Å²) in [4.78, 5) is 12.5. The molecule has 1 N–H and O–H groups in total. The van der Waals surface area contributed by atoms with E-state index >= 15 is 0 Å². The molecule has 2 aromatic rings. The molecule has 0 heterocycles. The Morgan fingerprint density at radius 1 is 1.08 bits per heavy atom. The summed E-state index contributed by atoms with van der Waals surface area (Å²) in [6.07, 6.45) is 1.62. The van der Waals surface area contributed by atoms with Gasteiger partial charge in [0, 0.05) is 5.69 Å². The first-order valence-corrected chi connectivity index (χ1v) is 8.42. The van der Waals surface area contributed by atoms with Crippen LogP contribution in [0.4, 0.5) is 5.69 Å². The zero-order chi connectivity index (χ0) is 18.6. The fourth-order valence-electron chi connectivity index (χ4n) is 2.85. The van der Waals surface area contributed by atoms with Gasteiger partial charge in [-0.15, -0.1) is 0 Å². The van der Waals surface area contributed by atoms with E-state index in [0.717, 1.165) is 27.9 Å². The van der Waals surface area contributed by atoms with Crippen LogP contribution in [-0.2, 0) is 4.79 Å². The number of amides is 1. The van der Waals surface area contributed by atoms with Gasteiger partial charge in [0.1, 0.15) is 11.6 Å². The Morgan fingerprint density at radius 2 is 1.64 bits per heavy atom. The molecule has 0 unspecified atom stereocenters. The van der Waals surface area contributed by atoms with Gasteiger partial charge >= 0.3 is 0 Å². The van der Waals surface area contributed by atoms with E-state index in [0.29, 0.717) is 5.92 Å². The number of nitrogens with one attached hydrogen (secondary N) is 1. The summed E-state index contributed by atoms with van der Waals surface area (Å²) in [5.74, 6) is 0.0646. The van der Waals surface area contributed by atoms with Crippen molar-refractivity contribution in [3.63, 3.8) is 0 Å². The van der Waals surface area contributed by atoms with Gasteiger partial charge < -0.3 is 5.32 Å². The van der Waals surface area contributed by atoms with Crippen LogP contribution in [0.2, 0.25) is 0 Å². The number of carbonyl (C=O) groups is 1. The molecular formula is C22H24N2O. The molecule has 0 saturated carbocycles. The largest absolute Gasteiger partial charge is 0.321 e. The molecule has 0 spiro atoms. The molecule has 0 atom stereocenters. The third-order valence-electron chi connectivity index (χ3n) is 4.19. The normalized spacial score (nSPS) is 11.3. The molecule has 2 aromatic carbocycles. The third kappa shape index (κ3) is 4.58. The summed E-state index contributed by atoms with van der Waals surface area (Å²) in [7, 11) is 0. The second-order valence-electron chi connectivity index (χ2n) is 6.72. The number of hydrogen-bond donors (Lipinski definition) is 1. The van der Waals surface area contributed by atoms with E-state index in [1.54, 1.807) is 6.08 Å². The first-order chi connectivity index (χ1) is 11.8. The second-order valence-corrected chi connectivity index (χ2v) is 6.72. The Hall–Kier alpha value is -2.86. The van der Waals surface area contributed by atoms with Crippen molar-refractivity contribution in [3.05, 3.63) is 69.8 Å². The minimum Gasteiger partial charge on any atom is -0.321 e. The smallest absolute Gasteiger partial charge is 0.266 e. The monoisotopic (exact) mass is 332 g/mol. The van der Waals surface area contributed by atoms with E-state index in [1.165, 1.54) is 5.56 Å². The van der Waals surface area contributed by atoms with Crippen LogP contribution in [0.1, 0.15) is 47.6 Å². The number of carbonyl (C=O) groups excluding carboxylic acids is 1. The van der Waals surface area contributed by atoms with E-state index < -0.39 is 0 Å². The molecule has 3 heteroatoms. The number of rotatable bonds is 4. The Balaban J connectivity index is 2.26. The molecule has 0 aliphatic carbocycles. The van der Waals surface area contributed by atoms with Crippen LogP contribution in [0.25, 0.3) is 6.08 Å². The summed E-state index contributed by atoms with van der Waals surface area (Å²) >= 11 is 0. The van der Waals surface area contributed by atoms with Crippen molar-refractivity contribution < 1.29 is 4.79 Å². The van der Waals surface area contributed by atoms with Gasteiger partial charge in [0.05, 0.1) is 0 Å². The zero-order valence-corrected chi connectivity index (χ0v) is 15.5. The first kappa shape index (κ1) is 18.5. The predicted molar refractivity (Wildman–Crippen MR) is 103 cm³/mol. The van der Waals surface area contributed by atoms with Crippen molar-refractivity contribution in [2.75, 3.05) is 5.32 Å². The van der Waals surface area contributed by atoms with Crippen molar-refractivity contribution in [3.8, 4) is 6.07 Å². The highest BCUT2D eigenvalue weighted by Crippen LogP contribution is 2.23. The maximum absolute atomic E-state index is 12.5. The molecule has 0 aliphatic rings. The lowest BCUT2D eigenvalue weighted by molar-refractivity contribution is -0.112. The van der Waals surface area contributed by atoms with E-state index in [2.05, 4.69) is 19.2 Å². The topological polar surface area (TPSA) is 52.9 Å². The molecular weight excluding hydrogens is 308 g/mol. The zero-order valence-electron chi connectivity index (χ0n) is 15.5. The molecule has 1 amide bonds. The summed E-state index contributed by atoms with van der Waals surface area (Å²) in [6, 6.07) is 14.0. The second kappa shape index (κ2) is 7.81. The lowest BCUT2D eigenvalue weighted by Gasteiger charge is -2.12. The van der Waals surface area contributed by atoms with Crippen LogP contribution in [0.15, 0.2) is 42.0 Å². The third-order valence-corrected chi connectivity index (χ3v) is 4.19. The molecule has 128 valence electrons. The van der Waals surface area contributed by atoms with Gasteiger partial charge in [-0.3, -0.25) is 4.79 Å². The summed E-state index contributed by atoms with van der Waals surface area (Å²) in [6.45, 7) is 10.2. The van der Waals surface area contributed by atoms with Crippen molar-refractivity contribution in [1.29, 1.82) is 5.26 Å². The van der Waals surface area contributed by atoms with Crippen LogP contribution < -0.4 is 5.32 Å². The summed E-state index contributed by atoms with van der Waals surface area (Å²) < 4.78 is 0. The Morgan fingerprint density at radius 3 is 2.12 bits per heavy atom. The molecule has 0 radical (unpaired) electrons. The van der Waals surface area contributed by atoms with E-state index in [9.17, 15) is 10.1 Å². The maximum atomic E-state index is 12.5. The van der Waals surface area contributed by atoms with E-state index in [4.69, 9.17) is 0 Å². The molecule has 0 bridgehead atoms. The fourth-order valence-corrected chi connectivity index (χ4v) is 2.85. The Kier molecular flexibility index (Phi) is 5.77. The van der Waals surface area contributed by atoms with Gasteiger partial charge in [-0.2, -0.15) is 5.26 Å². The van der Waals surface area contributed by atoms with Crippen LogP contribution in [0, 0.1) is 32.1 Å². The van der Waals surface area contributed by atoms with Crippen LogP contribution in [0.5, 0.6) is 0 Å². The molecule has 0 aromatic heterocycles. The van der Waals surface area contributed by atoms with Crippen molar-refractivity contribution in [2.45, 2.75) is 40.5 Å². The molecule has 25 heavy (non-hydrogen) atoms. The molecule has 3 nitrogen and oxygen atoms in total. The molecule has 0 saturated heterocycles. The highest BCUT2D eigenvalue weighted by Gasteiger charge is 2.13. The average molecular weight is 332 g/mol. The van der Waals surface area contributed by atoms with Crippen molar-refractivity contribution in [2.24, 2.45) is 0 Å². The minimum absolute atomic E-state index is 0.0941. The highest BCUT2D eigenvalue weighted by atomic mass is 16.1. The summed E-state index contributed by atoms with van der Waals surface area (Å²) in [5.41, 5.74) is 6.06. The van der Waals surface area contributed by atoms with Gasteiger partial charge in [-0.1, -0.05) is 55.8 Å². The molecule has 0 aliphatic heterocycles. The van der Waals surface area contributed by atoms with Crippen LogP contribution >= 0.6 is 0 Å². The van der Waals surface area contributed by atoms with Gasteiger partial charge in [-0.05, 0) is 55.0 Å². The highest BCUT2D eigenvalue weighted by molar-refractivity contribution is 6.10. The average Bonchev–Trinajstić information content (AvgIpc) is 2.56. The van der Waals surface area contributed by atoms with Crippen molar-refractivity contribution >= 4 is 17.7 Å². The minimum atomic E-state index is -0.384. The number of benzene rings is 2. The summed E-state index contributed by atoms with van der Waals surface area (Å²) in [5, 5.41) is 12.3. The Labute approximate surface area is 150 Å². The lowest BCUT2D eigenvalue weighted by atomic mass is 10.0. The van der Waals surface area contributed by atoms with Crippen molar-refractivity contribution in [1.82, 2.24) is 0 Å². The maximum Gasteiger partial charge on any atom is 0.266 e. The van der Waals surface area contributed by atoms with Gasteiger partial charge in [-0.25, -0.2) is 0 Å². The van der Waals surface area contributed by atoms with E-state index in [1.807, 2.05) is 63.2 Å². The molecule has 2 rings (SSSR count). The van der Waals surface area contributed by atoms with E-state index in [-0.39, 0.29) is 11.5 Å². The SMILES string of the molecule is Cc1cc(C)c(NC(=O)C(C#N)=Cc2ccc(C(C)C)cc2)c(C)c1. The number of anilines is 1. The quantitative estimate of drug-likeness (QED) is 0.611.